The third-order valence-corrected chi connectivity index (χ3v) is 2.92. The minimum atomic E-state index is -0.0898. The van der Waals surface area contributed by atoms with E-state index < -0.39 is 0 Å². The average molecular weight is 280 g/mol. The third-order valence-electron chi connectivity index (χ3n) is 2.92. The van der Waals surface area contributed by atoms with Gasteiger partial charge in [-0.15, -0.1) is 0 Å². The number of methoxy groups -OCH3 is 2. The topological polar surface area (TPSA) is 59.6 Å². The zero-order valence-corrected chi connectivity index (χ0v) is 12.5. The number of nitrogens with one attached hydrogen (secondary N) is 2. The zero-order valence-electron chi connectivity index (χ0n) is 12.5. The highest BCUT2D eigenvalue weighted by molar-refractivity contribution is 5.93. The molecule has 0 spiro atoms. The Kier molecular flexibility index (Phi) is 7.50. The lowest BCUT2D eigenvalue weighted by Gasteiger charge is -2.12. The van der Waals surface area contributed by atoms with E-state index in [1.54, 1.807) is 32.4 Å². The molecule has 0 fully saturated rings. The molecule has 0 radical (unpaired) electrons. The Hall–Kier alpha value is -1.75. The predicted molar refractivity (Wildman–Crippen MR) is 80.6 cm³/mol. The summed E-state index contributed by atoms with van der Waals surface area (Å²) < 4.78 is 10.4. The molecule has 1 amide bonds. The van der Waals surface area contributed by atoms with E-state index in [1.807, 2.05) is 0 Å². The van der Waals surface area contributed by atoms with E-state index in [1.165, 1.54) is 12.8 Å². The number of hydrogen-bond acceptors (Lipinski definition) is 4. The standard InChI is InChI=1S/C15H24N2O3/c1-4-5-6-9-16-11-15(18)17-13-10-12(19-2)7-8-14(13)20-3/h7-8,10,16H,4-6,9,11H2,1-3H3,(H,17,18). The van der Waals surface area contributed by atoms with Crippen molar-refractivity contribution in [2.45, 2.75) is 26.2 Å². The molecular weight excluding hydrogens is 256 g/mol. The number of hydrogen-bond donors (Lipinski definition) is 2. The van der Waals surface area contributed by atoms with Gasteiger partial charge in [-0.1, -0.05) is 19.8 Å². The normalized spacial score (nSPS) is 10.2. The van der Waals surface area contributed by atoms with Crippen molar-refractivity contribution < 1.29 is 14.3 Å². The van der Waals surface area contributed by atoms with Crippen molar-refractivity contribution in [1.82, 2.24) is 5.32 Å². The van der Waals surface area contributed by atoms with Crippen molar-refractivity contribution >= 4 is 11.6 Å². The molecule has 0 aliphatic carbocycles. The molecular formula is C15H24N2O3. The molecule has 0 aromatic heterocycles. The Morgan fingerprint density at radius 1 is 1.20 bits per heavy atom. The van der Waals surface area contributed by atoms with Gasteiger partial charge in [0.1, 0.15) is 11.5 Å². The molecule has 0 aliphatic rings. The second-order valence-electron chi connectivity index (χ2n) is 4.50. The highest BCUT2D eigenvalue weighted by Crippen LogP contribution is 2.28. The van der Waals surface area contributed by atoms with E-state index in [4.69, 9.17) is 9.47 Å². The van der Waals surface area contributed by atoms with Gasteiger partial charge in [0.05, 0.1) is 26.5 Å². The predicted octanol–water partition coefficient (Wildman–Crippen LogP) is 2.42. The summed E-state index contributed by atoms with van der Waals surface area (Å²) in [6, 6.07) is 5.30. The zero-order chi connectivity index (χ0) is 14.8. The van der Waals surface area contributed by atoms with Crippen molar-refractivity contribution in [3.63, 3.8) is 0 Å². The van der Waals surface area contributed by atoms with Gasteiger partial charge in [-0.3, -0.25) is 4.79 Å². The maximum absolute atomic E-state index is 11.8. The molecule has 0 aliphatic heterocycles. The molecule has 5 heteroatoms. The van der Waals surface area contributed by atoms with Crippen molar-refractivity contribution in [1.29, 1.82) is 0 Å². The summed E-state index contributed by atoms with van der Waals surface area (Å²) in [6.07, 6.45) is 3.44. The molecule has 112 valence electrons. The van der Waals surface area contributed by atoms with E-state index in [-0.39, 0.29) is 5.91 Å². The fourth-order valence-corrected chi connectivity index (χ4v) is 1.81. The van der Waals surface area contributed by atoms with Gasteiger partial charge in [0.15, 0.2) is 0 Å². The smallest absolute Gasteiger partial charge is 0.238 e. The fourth-order valence-electron chi connectivity index (χ4n) is 1.81. The summed E-state index contributed by atoms with van der Waals surface area (Å²) in [5, 5.41) is 5.94. The molecule has 0 atom stereocenters. The van der Waals surface area contributed by atoms with Crippen LogP contribution in [0.25, 0.3) is 0 Å². The molecule has 1 rings (SSSR count). The van der Waals surface area contributed by atoms with Gasteiger partial charge in [-0.05, 0) is 25.1 Å². The van der Waals surface area contributed by atoms with Gasteiger partial charge in [0.2, 0.25) is 5.91 Å². The monoisotopic (exact) mass is 280 g/mol. The number of amides is 1. The summed E-state index contributed by atoms with van der Waals surface area (Å²) in [7, 11) is 3.16. The van der Waals surface area contributed by atoms with E-state index in [2.05, 4.69) is 17.6 Å². The van der Waals surface area contributed by atoms with Gasteiger partial charge < -0.3 is 20.1 Å². The molecule has 20 heavy (non-hydrogen) atoms. The van der Waals surface area contributed by atoms with Gasteiger partial charge in [0, 0.05) is 6.07 Å². The van der Waals surface area contributed by atoms with E-state index in [0.717, 1.165) is 13.0 Å². The van der Waals surface area contributed by atoms with Crippen molar-refractivity contribution in [3.05, 3.63) is 18.2 Å². The number of anilines is 1. The number of benzene rings is 1. The highest BCUT2D eigenvalue weighted by Gasteiger charge is 2.08. The van der Waals surface area contributed by atoms with Gasteiger partial charge in [-0.25, -0.2) is 0 Å². The van der Waals surface area contributed by atoms with Crippen molar-refractivity contribution in [2.24, 2.45) is 0 Å². The average Bonchev–Trinajstić information content (AvgIpc) is 2.47. The molecule has 1 aromatic carbocycles. The largest absolute Gasteiger partial charge is 0.497 e. The number of rotatable bonds is 9. The lowest BCUT2D eigenvalue weighted by molar-refractivity contribution is -0.115. The SMILES string of the molecule is CCCCCNCC(=O)Nc1cc(OC)ccc1OC. The first-order valence-corrected chi connectivity index (χ1v) is 6.93. The number of unbranched alkanes of at least 4 members (excludes halogenated alkanes) is 2. The molecule has 0 heterocycles. The van der Waals surface area contributed by atoms with Crippen LogP contribution >= 0.6 is 0 Å². The maximum atomic E-state index is 11.8. The highest BCUT2D eigenvalue weighted by atomic mass is 16.5. The van der Waals surface area contributed by atoms with Crippen LogP contribution in [0.4, 0.5) is 5.69 Å². The Morgan fingerprint density at radius 2 is 2.00 bits per heavy atom. The van der Waals surface area contributed by atoms with Crippen LogP contribution in [0.3, 0.4) is 0 Å². The number of carbonyl (C=O) groups is 1. The van der Waals surface area contributed by atoms with Crippen LogP contribution in [0.5, 0.6) is 11.5 Å². The van der Waals surface area contributed by atoms with E-state index in [9.17, 15) is 4.79 Å². The quantitative estimate of drug-likeness (QED) is 0.682. The fraction of sp³-hybridized carbons (Fsp3) is 0.533. The third kappa shape index (κ3) is 5.48. The summed E-state index contributed by atoms with van der Waals surface area (Å²) in [4.78, 5) is 11.8. The van der Waals surface area contributed by atoms with Crippen LogP contribution in [-0.4, -0.2) is 33.2 Å². The number of carbonyl (C=O) groups excluding carboxylic acids is 1. The van der Waals surface area contributed by atoms with Crippen LogP contribution < -0.4 is 20.1 Å². The first kappa shape index (κ1) is 16.3. The summed E-state index contributed by atoms with van der Waals surface area (Å²) in [5.41, 5.74) is 0.618. The lowest BCUT2D eigenvalue weighted by Crippen LogP contribution is -2.28. The summed E-state index contributed by atoms with van der Waals surface area (Å²) in [6.45, 7) is 3.31. The second-order valence-corrected chi connectivity index (χ2v) is 4.50. The van der Waals surface area contributed by atoms with Crippen LogP contribution in [0, 0.1) is 0 Å². The minimum absolute atomic E-state index is 0.0898. The van der Waals surface area contributed by atoms with Crippen LogP contribution in [0.2, 0.25) is 0 Å². The molecule has 0 unspecified atom stereocenters. The molecule has 1 aromatic rings. The lowest BCUT2D eigenvalue weighted by atomic mass is 10.2. The Morgan fingerprint density at radius 3 is 2.65 bits per heavy atom. The Labute approximate surface area is 120 Å². The van der Waals surface area contributed by atoms with Crippen molar-refractivity contribution in [2.75, 3.05) is 32.6 Å². The molecule has 5 nitrogen and oxygen atoms in total. The van der Waals surface area contributed by atoms with E-state index >= 15 is 0 Å². The Bertz CT molecular complexity index is 422. The Balaban J connectivity index is 2.48. The van der Waals surface area contributed by atoms with Gasteiger partial charge >= 0.3 is 0 Å². The number of ether oxygens (including phenoxy) is 2. The first-order valence-electron chi connectivity index (χ1n) is 6.93. The summed E-state index contributed by atoms with van der Waals surface area (Å²) in [5.74, 6) is 1.20. The molecule has 0 saturated heterocycles. The van der Waals surface area contributed by atoms with Crippen LogP contribution in [-0.2, 0) is 4.79 Å². The van der Waals surface area contributed by atoms with Gasteiger partial charge in [0.25, 0.3) is 0 Å². The van der Waals surface area contributed by atoms with Crippen LogP contribution in [0.1, 0.15) is 26.2 Å². The molecule has 0 bridgehead atoms. The van der Waals surface area contributed by atoms with Crippen LogP contribution in [0.15, 0.2) is 18.2 Å². The summed E-state index contributed by atoms with van der Waals surface area (Å²) >= 11 is 0. The maximum Gasteiger partial charge on any atom is 0.238 e. The second kappa shape index (κ2) is 9.20. The molecule has 2 N–H and O–H groups in total. The van der Waals surface area contributed by atoms with E-state index in [0.29, 0.717) is 23.7 Å². The first-order chi connectivity index (χ1) is 9.71. The minimum Gasteiger partial charge on any atom is -0.497 e. The van der Waals surface area contributed by atoms with Gasteiger partial charge in [-0.2, -0.15) is 0 Å². The molecule has 0 saturated carbocycles. The van der Waals surface area contributed by atoms with Crippen molar-refractivity contribution in [3.8, 4) is 11.5 Å².